The Morgan fingerprint density at radius 3 is 1.17 bits per heavy atom. The lowest BCUT2D eigenvalue weighted by Gasteiger charge is -2.20. The highest BCUT2D eigenvalue weighted by Crippen LogP contribution is 1.83. The van der Waals surface area contributed by atoms with Crippen LogP contribution >= 0.6 is 0 Å². The molecule has 0 saturated heterocycles. The van der Waals surface area contributed by atoms with Gasteiger partial charge in [-0.25, -0.2) is 0 Å². The maximum atomic E-state index is 8.96. The maximum absolute atomic E-state index is 8.96. The van der Waals surface area contributed by atoms with Gasteiger partial charge in [0.2, 0.25) is 0 Å². The van der Waals surface area contributed by atoms with Crippen molar-refractivity contribution in [2.45, 2.75) is 13.8 Å². The SMILES string of the molecule is CC[N+](C)(O)NC.CC[N+](C)(O)NC.O=C([O-])[O-]. The van der Waals surface area contributed by atoms with E-state index in [2.05, 4.69) is 10.9 Å². The average molecular weight is 270 g/mol. The number of hydrogen-bond acceptors (Lipinski definition) is 7. The first kappa shape index (κ1) is 22.2. The molecule has 0 amide bonds. The molecule has 9 heteroatoms. The summed E-state index contributed by atoms with van der Waals surface area (Å²) in [5.41, 5.74) is 5.37. The van der Waals surface area contributed by atoms with Crippen LogP contribution in [0.25, 0.3) is 0 Å². The van der Waals surface area contributed by atoms with E-state index in [0.29, 0.717) is 13.1 Å². The van der Waals surface area contributed by atoms with Gasteiger partial charge in [0, 0.05) is 14.1 Å². The van der Waals surface area contributed by atoms with Gasteiger partial charge in [0.05, 0.1) is 0 Å². The van der Waals surface area contributed by atoms with E-state index in [-0.39, 0.29) is 9.51 Å². The van der Waals surface area contributed by atoms with E-state index in [1.165, 1.54) is 0 Å². The molecular formula is C9H26N4O5. The summed E-state index contributed by atoms with van der Waals surface area (Å²) in [7, 11) is 6.78. The zero-order chi connectivity index (χ0) is 15.4. The van der Waals surface area contributed by atoms with Gasteiger partial charge in [0.1, 0.15) is 27.2 Å². The smallest absolute Gasteiger partial charge is 0.125 e. The van der Waals surface area contributed by atoms with Crippen LogP contribution in [-0.4, -0.2) is 67.4 Å². The lowest BCUT2D eigenvalue weighted by atomic mass is 10.7. The number of quaternary nitrogens is 2. The van der Waals surface area contributed by atoms with Gasteiger partial charge in [0.25, 0.3) is 0 Å². The molecular weight excluding hydrogens is 244 g/mol. The second-order valence-corrected chi connectivity index (χ2v) is 3.61. The molecule has 0 radical (unpaired) electrons. The Kier molecular flexibility index (Phi) is 13.8. The fourth-order valence-corrected chi connectivity index (χ4v) is 0.316. The van der Waals surface area contributed by atoms with E-state index < -0.39 is 6.16 Å². The van der Waals surface area contributed by atoms with Crippen molar-refractivity contribution in [2.75, 3.05) is 41.3 Å². The lowest BCUT2D eigenvalue weighted by molar-refractivity contribution is -1.12. The number of nitrogens with one attached hydrogen (secondary N) is 2. The van der Waals surface area contributed by atoms with Crippen molar-refractivity contribution < 1.29 is 34.9 Å². The van der Waals surface area contributed by atoms with Crippen LogP contribution in [0.15, 0.2) is 0 Å². The highest BCUT2D eigenvalue weighted by molar-refractivity contribution is 5.47. The summed E-state index contributed by atoms with van der Waals surface area (Å²) in [6.07, 6.45) is -2.33. The van der Waals surface area contributed by atoms with Gasteiger partial charge in [0.15, 0.2) is 0 Å². The fraction of sp³-hybridized carbons (Fsp3) is 0.889. The predicted molar refractivity (Wildman–Crippen MR) is 60.5 cm³/mol. The van der Waals surface area contributed by atoms with Gasteiger partial charge in [-0.2, -0.15) is 10.4 Å². The third kappa shape index (κ3) is 24.3. The lowest BCUT2D eigenvalue weighted by Crippen LogP contribution is -2.49. The zero-order valence-electron chi connectivity index (χ0n) is 11.9. The summed E-state index contributed by atoms with van der Waals surface area (Å²) in [4.78, 5) is 8.33. The van der Waals surface area contributed by atoms with Gasteiger partial charge in [-0.15, -0.1) is 20.4 Å². The Bertz CT molecular complexity index is 179. The van der Waals surface area contributed by atoms with Crippen molar-refractivity contribution in [1.82, 2.24) is 10.9 Å². The van der Waals surface area contributed by atoms with E-state index in [1.54, 1.807) is 28.2 Å². The van der Waals surface area contributed by atoms with Crippen LogP contribution in [0.5, 0.6) is 0 Å². The minimum Gasteiger partial charge on any atom is -0.652 e. The first-order valence-corrected chi connectivity index (χ1v) is 5.40. The van der Waals surface area contributed by atoms with Crippen molar-refractivity contribution in [3.8, 4) is 0 Å². The van der Waals surface area contributed by atoms with Gasteiger partial charge in [-0.1, -0.05) is 0 Å². The standard InChI is InChI=1S/2C4H13N2O.CH2O3/c2*1-4-6(3,7)5-2;2-1(3)4/h2*5,7H,4H2,1-3H3;(H2,2,3,4)/q2*+1;/p-2. The van der Waals surface area contributed by atoms with Crippen LogP contribution in [0.4, 0.5) is 4.79 Å². The summed E-state index contributed by atoms with van der Waals surface area (Å²) in [6.45, 7) is 5.15. The highest BCUT2D eigenvalue weighted by atomic mass is 16.6. The molecule has 0 fully saturated rings. The molecule has 0 aromatic carbocycles. The predicted octanol–water partition coefficient (Wildman–Crippen LogP) is -2.49. The summed E-state index contributed by atoms with van der Waals surface area (Å²) in [5, 5.41) is 34.6. The van der Waals surface area contributed by atoms with Crippen LogP contribution < -0.4 is 21.1 Å². The third-order valence-electron chi connectivity index (χ3n) is 2.19. The molecule has 18 heavy (non-hydrogen) atoms. The first-order valence-electron chi connectivity index (χ1n) is 5.40. The largest absolute Gasteiger partial charge is 0.652 e. The van der Waals surface area contributed by atoms with E-state index in [9.17, 15) is 0 Å². The molecule has 9 nitrogen and oxygen atoms in total. The van der Waals surface area contributed by atoms with Crippen LogP contribution in [0.2, 0.25) is 0 Å². The van der Waals surface area contributed by atoms with Crippen molar-refractivity contribution >= 4 is 6.16 Å². The molecule has 0 spiro atoms. The minimum absolute atomic E-state index is 0.111. The Labute approximate surface area is 108 Å². The summed E-state index contributed by atoms with van der Waals surface area (Å²) < 4.78 is -0.222. The minimum atomic E-state index is -2.33. The molecule has 0 aromatic heterocycles. The van der Waals surface area contributed by atoms with Gasteiger partial charge >= 0.3 is 0 Å². The Morgan fingerprint density at radius 2 is 1.17 bits per heavy atom. The number of carboxylic acid groups (broad SMARTS) is 2. The summed E-state index contributed by atoms with van der Waals surface area (Å²) in [6, 6.07) is 0. The number of hydroxylamine groups is 4. The molecule has 0 aliphatic heterocycles. The molecule has 112 valence electrons. The summed E-state index contributed by atoms with van der Waals surface area (Å²) >= 11 is 0. The van der Waals surface area contributed by atoms with E-state index in [1.807, 2.05) is 13.8 Å². The molecule has 0 aliphatic carbocycles. The van der Waals surface area contributed by atoms with E-state index in [0.717, 1.165) is 0 Å². The normalized spacial score (nSPS) is 16.0. The fourth-order valence-electron chi connectivity index (χ4n) is 0.316. The van der Waals surface area contributed by atoms with E-state index in [4.69, 9.17) is 25.4 Å². The van der Waals surface area contributed by atoms with Crippen molar-refractivity contribution in [2.24, 2.45) is 0 Å². The topological polar surface area (TPSA) is 128 Å². The van der Waals surface area contributed by atoms with Crippen molar-refractivity contribution in [3.63, 3.8) is 0 Å². The van der Waals surface area contributed by atoms with Crippen LogP contribution in [0, 0.1) is 0 Å². The molecule has 4 N–H and O–H groups in total. The second kappa shape index (κ2) is 11.1. The quantitative estimate of drug-likeness (QED) is 0.328. The number of hydrogen-bond donors (Lipinski definition) is 4. The molecule has 2 atom stereocenters. The molecule has 0 saturated carbocycles. The van der Waals surface area contributed by atoms with E-state index >= 15 is 0 Å². The zero-order valence-corrected chi connectivity index (χ0v) is 11.9. The van der Waals surface area contributed by atoms with Crippen LogP contribution in [0.1, 0.15) is 13.8 Å². The monoisotopic (exact) mass is 270 g/mol. The molecule has 0 bridgehead atoms. The second-order valence-electron chi connectivity index (χ2n) is 3.61. The van der Waals surface area contributed by atoms with Gasteiger partial charge in [-0.3, -0.25) is 0 Å². The van der Waals surface area contributed by atoms with Crippen molar-refractivity contribution in [3.05, 3.63) is 0 Å². The van der Waals surface area contributed by atoms with Gasteiger partial charge in [-0.05, 0) is 20.0 Å². The number of rotatable bonds is 4. The molecule has 0 heterocycles. The molecule has 0 rings (SSSR count). The molecule has 0 aromatic rings. The average Bonchev–Trinajstić information content (AvgIpc) is 2.29. The number of carbonyl (C=O) groups excluding carboxylic acids is 1. The molecule has 0 aliphatic rings. The maximum Gasteiger partial charge on any atom is 0.125 e. The molecule has 2 unspecified atom stereocenters. The Morgan fingerprint density at radius 1 is 1.00 bits per heavy atom. The summed E-state index contributed by atoms with van der Waals surface area (Å²) in [5.74, 6) is 0. The first-order chi connectivity index (χ1) is 7.97. The van der Waals surface area contributed by atoms with Crippen LogP contribution in [0.3, 0.4) is 0 Å². The Hall–Kier alpha value is -0.970. The van der Waals surface area contributed by atoms with Gasteiger partial charge < -0.3 is 15.0 Å². The highest BCUT2D eigenvalue weighted by Gasteiger charge is 2.09. The van der Waals surface area contributed by atoms with Crippen molar-refractivity contribution in [1.29, 1.82) is 0 Å². The van der Waals surface area contributed by atoms with Crippen LogP contribution in [-0.2, 0) is 0 Å². The number of carbonyl (C=O) groups is 1. The number of nitrogens with zero attached hydrogens (tertiary/aromatic N) is 2. The Balaban J connectivity index is -0.000000196. The third-order valence-corrected chi connectivity index (χ3v) is 2.19.